The van der Waals surface area contributed by atoms with E-state index in [1.54, 1.807) is 0 Å². The van der Waals surface area contributed by atoms with Crippen molar-refractivity contribution in [3.05, 3.63) is 15.9 Å². The molecular weight excluding hydrogens is 244 g/mol. The zero-order valence-corrected chi connectivity index (χ0v) is 8.08. The molecule has 0 aliphatic heterocycles. The van der Waals surface area contributed by atoms with Gasteiger partial charge in [-0.25, -0.2) is 9.59 Å². The molecule has 6 nitrogen and oxygen atoms in total. The number of carboxylic acids is 1. The molecule has 0 saturated heterocycles. The summed E-state index contributed by atoms with van der Waals surface area (Å²) in [5.41, 5.74) is -0.264. The second-order valence-corrected chi connectivity index (χ2v) is 2.85. The van der Waals surface area contributed by atoms with E-state index in [0.29, 0.717) is 0 Å². The highest BCUT2D eigenvalue weighted by atomic mass is 79.9. The first kappa shape index (κ1) is 9.72. The third-order valence-electron chi connectivity index (χ3n) is 1.30. The van der Waals surface area contributed by atoms with Gasteiger partial charge in [-0.15, -0.1) is 0 Å². The van der Waals surface area contributed by atoms with Crippen LogP contribution in [0.5, 0.6) is 0 Å². The minimum absolute atomic E-state index is 0.0140. The van der Waals surface area contributed by atoms with Crippen molar-refractivity contribution in [3.8, 4) is 0 Å². The van der Waals surface area contributed by atoms with Crippen molar-refractivity contribution in [2.45, 2.75) is 0 Å². The number of carboxylic acid groups (broad SMARTS) is 1. The summed E-state index contributed by atoms with van der Waals surface area (Å²) >= 11 is 2.92. The Morgan fingerprint density at radius 1 is 1.62 bits per heavy atom. The summed E-state index contributed by atoms with van der Waals surface area (Å²) in [6.45, 7) is 0. The smallest absolute Gasteiger partial charge is 0.357 e. The van der Waals surface area contributed by atoms with Gasteiger partial charge < -0.3 is 9.84 Å². The number of aromatic carboxylic acids is 1. The number of aromatic amines is 1. The number of halogens is 1. The Hall–Kier alpha value is -1.37. The fourth-order valence-electron chi connectivity index (χ4n) is 0.707. The molecule has 7 heteroatoms. The number of nitrogens with zero attached hydrogens (tertiary/aromatic N) is 1. The quantitative estimate of drug-likeness (QED) is 0.751. The van der Waals surface area contributed by atoms with Crippen LogP contribution in [0.1, 0.15) is 21.0 Å². The number of esters is 1. The number of hydrogen-bond donors (Lipinski definition) is 2. The average Bonchev–Trinajstić information content (AvgIpc) is 2.46. The Labute approximate surface area is 81.0 Å². The average molecular weight is 249 g/mol. The van der Waals surface area contributed by atoms with Crippen LogP contribution in [0.3, 0.4) is 0 Å². The molecule has 0 saturated carbocycles. The highest BCUT2D eigenvalue weighted by Gasteiger charge is 2.21. The molecule has 0 aliphatic rings. The number of hydrogen-bond acceptors (Lipinski definition) is 4. The van der Waals surface area contributed by atoms with Crippen LogP contribution in [0, 0.1) is 0 Å². The predicted octanol–water partition coefficient (Wildman–Crippen LogP) is 0.657. The zero-order chi connectivity index (χ0) is 10.0. The molecule has 13 heavy (non-hydrogen) atoms. The van der Waals surface area contributed by atoms with Crippen molar-refractivity contribution in [2.24, 2.45) is 0 Å². The lowest BCUT2D eigenvalue weighted by Crippen LogP contribution is -2.02. The van der Waals surface area contributed by atoms with E-state index in [2.05, 4.69) is 30.9 Å². The van der Waals surface area contributed by atoms with Crippen molar-refractivity contribution in [3.63, 3.8) is 0 Å². The number of carbonyl (C=O) groups excluding carboxylic acids is 1. The normalized spacial score (nSPS) is 9.69. The molecule has 70 valence electrons. The van der Waals surface area contributed by atoms with Crippen LogP contribution in [0.25, 0.3) is 0 Å². The monoisotopic (exact) mass is 248 g/mol. The van der Waals surface area contributed by atoms with Gasteiger partial charge in [0.25, 0.3) is 0 Å². The Morgan fingerprint density at radius 3 is 2.62 bits per heavy atom. The van der Waals surface area contributed by atoms with E-state index in [9.17, 15) is 9.59 Å². The van der Waals surface area contributed by atoms with Crippen molar-refractivity contribution < 1.29 is 19.4 Å². The number of rotatable bonds is 2. The van der Waals surface area contributed by atoms with Gasteiger partial charge >= 0.3 is 11.9 Å². The van der Waals surface area contributed by atoms with E-state index in [-0.39, 0.29) is 15.9 Å². The van der Waals surface area contributed by atoms with E-state index < -0.39 is 11.9 Å². The van der Waals surface area contributed by atoms with Crippen LogP contribution in [0.15, 0.2) is 4.47 Å². The Kier molecular flexibility index (Phi) is 2.66. The van der Waals surface area contributed by atoms with E-state index in [4.69, 9.17) is 5.11 Å². The van der Waals surface area contributed by atoms with Crippen LogP contribution in [0.2, 0.25) is 0 Å². The summed E-state index contributed by atoms with van der Waals surface area (Å²) < 4.78 is 4.47. The van der Waals surface area contributed by atoms with Gasteiger partial charge in [-0.3, -0.25) is 5.10 Å². The summed E-state index contributed by atoms with van der Waals surface area (Å²) in [6.07, 6.45) is 0. The molecule has 0 bridgehead atoms. The fraction of sp³-hybridized carbons (Fsp3) is 0.167. The Bertz CT molecular complexity index is 360. The molecule has 0 aromatic carbocycles. The number of nitrogens with one attached hydrogen (secondary N) is 1. The van der Waals surface area contributed by atoms with Crippen LogP contribution >= 0.6 is 15.9 Å². The lowest BCUT2D eigenvalue weighted by Gasteiger charge is -1.93. The first-order valence-electron chi connectivity index (χ1n) is 3.13. The van der Waals surface area contributed by atoms with Gasteiger partial charge in [-0.1, -0.05) is 0 Å². The van der Waals surface area contributed by atoms with Gasteiger partial charge in [0.2, 0.25) is 0 Å². The number of H-pyrrole nitrogens is 1. The summed E-state index contributed by atoms with van der Waals surface area (Å²) in [5.74, 6) is -1.90. The van der Waals surface area contributed by atoms with Gasteiger partial charge in [0.15, 0.2) is 11.4 Å². The highest BCUT2D eigenvalue weighted by Crippen LogP contribution is 2.19. The van der Waals surface area contributed by atoms with E-state index in [1.165, 1.54) is 7.11 Å². The van der Waals surface area contributed by atoms with Gasteiger partial charge in [-0.2, -0.15) is 5.10 Å². The Morgan fingerprint density at radius 2 is 2.23 bits per heavy atom. The van der Waals surface area contributed by atoms with Gasteiger partial charge in [0, 0.05) is 0 Å². The van der Waals surface area contributed by atoms with Crippen molar-refractivity contribution in [2.75, 3.05) is 7.11 Å². The minimum atomic E-state index is -1.22. The molecule has 2 N–H and O–H groups in total. The molecule has 0 unspecified atom stereocenters. The number of aromatic nitrogens is 2. The molecule has 1 aromatic rings. The predicted molar refractivity (Wildman–Crippen MR) is 44.6 cm³/mol. The minimum Gasteiger partial charge on any atom is -0.476 e. The molecule has 1 rings (SSSR count). The third-order valence-corrected chi connectivity index (χ3v) is 2.07. The van der Waals surface area contributed by atoms with Crippen LogP contribution in [0.4, 0.5) is 0 Å². The summed E-state index contributed by atoms with van der Waals surface area (Å²) in [4.78, 5) is 21.4. The van der Waals surface area contributed by atoms with Crippen LogP contribution in [-0.2, 0) is 4.74 Å². The topological polar surface area (TPSA) is 92.3 Å². The fourth-order valence-corrected chi connectivity index (χ4v) is 1.22. The second kappa shape index (κ2) is 3.56. The molecule has 0 fully saturated rings. The van der Waals surface area contributed by atoms with Crippen LogP contribution in [-0.4, -0.2) is 34.4 Å². The molecular formula is C6H5BrN2O4. The maximum atomic E-state index is 11.0. The van der Waals surface area contributed by atoms with Crippen LogP contribution < -0.4 is 0 Å². The lowest BCUT2D eigenvalue weighted by molar-refractivity contribution is 0.0592. The Balaban J connectivity index is 3.13. The second-order valence-electron chi connectivity index (χ2n) is 2.06. The van der Waals surface area contributed by atoms with E-state index in [1.807, 2.05) is 0 Å². The molecule has 0 atom stereocenters. The molecule has 0 amide bonds. The summed E-state index contributed by atoms with van der Waals surface area (Å²) in [6, 6.07) is 0. The number of carbonyl (C=O) groups is 2. The molecule has 0 radical (unpaired) electrons. The maximum Gasteiger partial charge on any atom is 0.357 e. The highest BCUT2D eigenvalue weighted by molar-refractivity contribution is 9.10. The SMILES string of the molecule is COC(=O)c1[nH]nc(C(=O)O)c1Br. The number of ether oxygens (including phenoxy) is 1. The maximum absolute atomic E-state index is 11.0. The van der Waals surface area contributed by atoms with E-state index >= 15 is 0 Å². The summed E-state index contributed by atoms with van der Waals surface area (Å²) in [5, 5.41) is 14.2. The summed E-state index contributed by atoms with van der Waals surface area (Å²) in [7, 11) is 1.19. The van der Waals surface area contributed by atoms with Gasteiger partial charge in [-0.05, 0) is 15.9 Å². The molecule has 0 spiro atoms. The van der Waals surface area contributed by atoms with Crippen molar-refractivity contribution >= 4 is 27.9 Å². The van der Waals surface area contributed by atoms with Crippen molar-refractivity contribution in [1.82, 2.24) is 10.2 Å². The van der Waals surface area contributed by atoms with Gasteiger partial charge in [0.1, 0.15) is 0 Å². The lowest BCUT2D eigenvalue weighted by atomic mass is 10.3. The zero-order valence-electron chi connectivity index (χ0n) is 6.50. The number of methoxy groups -OCH3 is 1. The first-order valence-corrected chi connectivity index (χ1v) is 3.92. The third kappa shape index (κ3) is 1.69. The standard InChI is InChI=1S/C6H5BrN2O4/c1-13-6(12)4-2(7)3(5(10)11)8-9-4/h1H3,(H,8,9)(H,10,11). The van der Waals surface area contributed by atoms with Crippen molar-refractivity contribution in [1.29, 1.82) is 0 Å². The van der Waals surface area contributed by atoms with Gasteiger partial charge in [0.05, 0.1) is 11.6 Å². The van der Waals surface area contributed by atoms with E-state index in [0.717, 1.165) is 0 Å². The largest absolute Gasteiger partial charge is 0.476 e. The molecule has 1 heterocycles. The first-order chi connectivity index (χ1) is 6.07. The molecule has 1 aromatic heterocycles. The molecule has 0 aliphatic carbocycles.